The third-order valence-electron chi connectivity index (χ3n) is 4.22. The van der Waals surface area contributed by atoms with Crippen molar-refractivity contribution in [1.82, 2.24) is 10.2 Å². The van der Waals surface area contributed by atoms with Crippen molar-refractivity contribution in [2.75, 3.05) is 26.2 Å². The third kappa shape index (κ3) is 2.51. The molecule has 2 heterocycles. The first kappa shape index (κ1) is 13.1. The average molecular weight is 275 g/mol. The number of carbonyl (C=O) groups excluding carboxylic acids is 1. The van der Waals surface area contributed by atoms with Crippen LogP contribution >= 0.6 is 0 Å². The highest BCUT2D eigenvalue weighted by Crippen LogP contribution is 2.26. The number of nitro benzene ring substituents is 1. The smallest absolute Gasteiger partial charge is 0.269 e. The predicted octanol–water partition coefficient (Wildman–Crippen LogP) is 0.815. The summed E-state index contributed by atoms with van der Waals surface area (Å²) < 4.78 is 0. The van der Waals surface area contributed by atoms with Gasteiger partial charge >= 0.3 is 0 Å². The van der Waals surface area contributed by atoms with Gasteiger partial charge in [-0.15, -0.1) is 0 Å². The van der Waals surface area contributed by atoms with Gasteiger partial charge in [-0.1, -0.05) is 12.1 Å². The van der Waals surface area contributed by atoms with Crippen molar-refractivity contribution in [1.29, 1.82) is 0 Å². The molecule has 2 atom stereocenters. The van der Waals surface area contributed by atoms with Gasteiger partial charge in [0.1, 0.15) is 0 Å². The molecule has 2 fully saturated rings. The summed E-state index contributed by atoms with van der Waals surface area (Å²) in [7, 11) is 0. The lowest BCUT2D eigenvalue weighted by Gasteiger charge is -2.17. The Morgan fingerprint density at radius 2 is 2.05 bits per heavy atom. The topological polar surface area (TPSA) is 75.5 Å². The van der Waals surface area contributed by atoms with Crippen molar-refractivity contribution in [3.63, 3.8) is 0 Å². The first-order chi connectivity index (χ1) is 9.63. The Kier molecular flexibility index (Phi) is 3.40. The second-order valence-corrected chi connectivity index (χ2v) is 5.58. The molecule has 1 aromatic carbocycles. The Hall–Kier alpha value is -1.95. The number of carbonyl (C=O) groups is 1. The molecule has 1 aromatic rings. The zero-order valence-electron chi connectivity index (χ0n) is 11.1. The van der Waals surface area contributed by atoms with Crippen LogP contribution in [0, 0.1) is 22.0 Å². The molecule has 3 rings (SSSR count). The summed E-state index contributed by atoms with van der Waals surface area (Å²) >= 11 is 0. The number of amides is 1. The number of fused-ring (bicyclic) bond motifs is 1. The number of rotatable bonds is 3. The maximum atomic E-state index is 12.3. The molecule has 0 spiro atoms. The van der Waals surface area contributed by atoms with Crippen LogP contribution in [0.2, 0.25) is 0 Å². The number of hydrogen-bond donors (Lipinski definition) is 1. The van der Waals surface area contributed by atoms with Crippen LogP contribution in [-0.4, -0.2) is 41.9 Å². The number of non-ortho nitro benzene ring substituents is 1. The van der Waals surface area contributed by atoms with Crippen LogP contribution in [0.25, 0.3) is 0 Å². The van der Waals surface area contributed by atoms with Crippen molar-refractivity contribution in [2.24, 2.45) is 11.8 Å². The lowest BCUT2D eigenvalue weighted by molar-refractivity contribution is -0.384. The van der Waals surface area contributed by atoms with Crippen LogP contribution < -0.4 is 5.32 Å². The monoisotopic (exact) mass is 275 g/mol. The van der Waals surface area contributed by atoms with Gasteiger partial charge in [0.15, 0.2) is 0 Å². The van der Waals surface area contributed by atoms with Crippen molar-refractivity contribution in [3.8, 4) is 0 Å². The van der Waals surface area contributed by atoms with Gasteiger partial charge in [-0.3, -0.25) is 14.9 Å². The summed E-state index contributed by atoms with van der Waals surface area (Å²) in [6.07, 6.45) is 0.245. The van der Waals surface area contributed by atoms with E-state index in [0.717, 1.165) is 26.2 Å². The van der Waals surface area contributed by atoms with E-state index < -0.39 is 4.92 Å². The molecule has 0 radical (unpaired) electrons. The minimum absolute atomic E-state index is 0.0396. The van der Waals surface area contributed by atoms with Gasteiger partial charge in [-0.2, -0.15) is 0 Å². The van der Waals surface area contributed by atoms with E-state index in [1.807, 2.05) is 4.90 Å². The van der Waals surface area contributed by atoms with E-state index in [2.05, 4.69) is 5.32 Å². The van der Waals surface area contributed by atoms with Crippen LogP contribution in [0.1, 0.15) is 5.56 Å². The van der Waals surface area contributed by atoms with Crippen molar-refractivity contribution in [3.05, 3.63) is 39.9 Å². The first-order valence-corrected chi connectivity index (χ1v) is 6.85. The average Bonchev–Trinajstić information content (AvgIpc) is 2.99. The number of hydrogen-bond acceptors (Lipinski definition) is 4. The van der Waals surface area contributed by atoms with E-state index >= 15 is 0 Å². The van der Waals surface area contributed by atoms with Crippen molar-refractivity contribution >= 4 is 11.6 Å². The zero-order chi connectivity index (χ0) is 14.1. The number of benzene rings is 1. The van der Waals surface area contributed by atoms with Crippen LogP contribution in [0.3, 0.4) is 0 Å². The highest BCUT2D eigenvalue weighted by molar-refractivity contribution is 5.79. The molecular weight excluding hydrogens is 258 g/mol. The maximum absolute atomic E-state index is 12.3. The van der Waals surface area contributed by atoms with Gasteiger partial charge in [0.05, 0.1) is 11.3 Å². The molecule has 2 aliphatic rings. The molecule has 106 valence electrons. The van der Waals surface area contributed by atoms with Gasteiger partial charge in [-0.25, -0.2) is 0 Å². The number of nitrogens with one attached hydrogen (secondary N) is 1. The van der Waals surface area contributed by atoms with E-state index in [1.54, 1.807) is 12.1 Å². The zero-order valence-corrected chi connectivity index (χ0v) is 11.1. The molecule has 0 bridgehead atoms. The largest absolute Gasteiger partial charge is 0.342 e. The normalized spacial score (nSPS) is 24.7. The van der Waals surface area contributed by atoms with Gasteiger partial charge in [-0.05, 0) is 17.4 Å². The fourth-order valence-corrected chi connectivity index (χ4v) is 3.13. The van der Waals surface area contributed by atoms with E-state index in [0.29, 0.717) is 17.4 Å². The molecule has 0 saturated carbocycles. The Morgan fingerprint density at radius 3 is 2.70 bits per heavy atom. The molecule has 6 nitrogen and oxygen atoms in total. The number of likely N-dealkylation sites (tertiary alicyclic amines) is 1. The Balaban J connectivity index is 1.64. The van der Waals surface area contributed by atoms with Crippen molar-refractivity contribution in [2.45, 2.75) is 6.42 Å². The number of nitro groups is 1. The van der Waals surface area contributed by atoms with E-state index in [-0.39, 0.29) is 18.0 Å². The van der Waals surface area contributed by atoms with Crippen LogP contribution in [-0.2, 0) is 11.2 Å². The lowest BCUT2D eigenvalue weighted by Crippen LogP contribution is -2.32. The quantitative estimate of drug-likeness (QED) is 0.654. The second-order valence-electron chi connectivity index (χ2n) is 5.58. The van der Waals surface area contributed by atoms with E-state index in [1.165, 1.54) is 12.1 Å². The van der Waals surface area contributed by atoms with Crippen LogP contribution in [0.5, 0.6) is 0 Å². The maximum Gasteiger partial charge on any atom is 0.269 e. The molecule has 1 amide bonds. The molecule has 2 saturated heterocycles. The van der Waals surface area contributed by atoms with E-state index in [4.69, 9.17) is 0 Å². The Bertz CT molecular complexity index is 534. The predicted molar refractivity (Wildman–Crippen MR) is 73.2 cm³/mol. The summed E-state index contributed by atoms with van der Waals surface area (Å²) in [4.78, 5) is 24.5. The summed E-state index contributed by atoms with van der Waals surface area (Å²) in [6.45, 7) is 3.60. The molecule has 1 N–H and O–H groups in total. The molecular formula is C14H17N3O3. The minimum Gasteiger partial charge on any atom is -0.342 e. The molecule has 0 aromatic heterocycles. The minimum atomic E-state index is -0.431. The van der Waals surface area contributed by atoms with Crippen molar-refractivity contribution < 1.29 is 9.72 Å². The SMILES string of the molecule is O=C(Cc1cccc([N+](=O)[O-])c1)N1C[C@H]2CNC[C@H]2C1. The number of nitrogens with zero attached hydrogens (tertiary/aromatic N) is 2. The highest BCUT2D eigenvalue weighted by atomic mass is 16.6. The Labute approximate surface area is 116 Å². The van der Waals surface area contributed by atoms with Gasteiger partial charge in [0.2, 0.25) is 5.91 Å². The molecule has 6 heteroatoms. The molecule has 20 heavy (non-hydrogen) atoms. The van der Waals surface area contributed by atoms with E-state index in [9.17, 15) is 14.9 Å². The van der Waals surface area contributed by atoms with Gasteiger partial charge in [0, 0.05) is 38.3 Å². The van der Waals surface area contributed by atoms with Crippen LogP contribution in [0.4, 0.5) is 5.69 Å². The highest BCUT2D eigenvalue weighted by Gasteiger charge is 2.37. The summed E-state index contributed by atoms with van der Waals surface area (Å²) in [5.74, 6) is 1.22. The molecule has 2 aliphatic heterocycles. The van der Waals surface area contributed by atoms with Gasteiger partial charge in [0.25, 0.3) is 5.69 Å². The second kappa shape index (κ2) is 5.20. The Morgan fingerprint density at radius 1 is 1.35 bits per heavy atom. The molecule has 0 unspecified atom stereocenters. The third-order valence-corrected chi connectivity index (χ3v) is 4.22. The fourth-order valence-electron chi connectivity index (χ4n) is 3.13. The fraction of sp³-hybridized carbons (Fsp3) is 0.500. The van der Waals surface area contributed by atoms with Gasteiger partial charge < -0.3 is 10.2 Å². The summed E-state index contributed by atoms with van der Waals surface area (Å²) in [5, 5.41) is 14.1. The molecule has 0 aliphatic carbocycles. The first-order valence-electron chi connectivity index (χ1n) is 6.85. The summed E-state index contributed by atoms with van der Waals surface area (Å²) in [6, 6.07) is 6.32. The summed E-state index contributed by atoms with van der Waals surface area (Å²) in [5.41, 5.74) is 0.747. The lowest BCUT2D eigenvalue weighted by atomic mass is 10.0. The standard InChI is InChI=1S/C14H17N3O3/c18-14(16-8-11-6-15-7-12(11)9-16)5-10-2-1-3-13(4-10)17(19)20/h1-4,11-12,15H,5-9H2/t11-,12+. The van der Waals surface area contributed by atoms with Crippen LogP contribution in [0.15, 0.2) is 24.3 Å².